The van der Waals surface area contributed by atoms with E-state index in [0.29, 0.717) is 16.7 Å². The van der Waals surface area contributed by atoms with Crippen LogP contribution in [0.25, 0.3) is 11.6 Å². The van der Waals surface area contributed by atoms with E-state index in [1.807, 2.05) is 13.8 Å². The fourth-order valence-corrected chi connectivity index (χ4v) is 2.00. The van der Waals surface area contributed by atoms with Gasteiger partial charge >= 0.3 is 0 Å². The molecule has 0 aromatic carbocycles. The van der Waals surface area contributed by atoms with Crippen molar-refractivity contribution in [3.8, 4) is 11.6 Å². The van der Waals surface area contributed by atoms with Gasteiger partial charge in [0.15, 0.2) is 11.6 Å². The molecule has 2 aromatic heterocycles. The van der Waals surface area contributed by atoms with Gasteiger partial charge in [0.25, 0.3) is 0 Å². The molecule has 0 atom stereocenters. The molecule has 0 aliphatic carbocycles. The van der Waals surface area contributed by atoms with Crippen LogP contribution in [-0.4, -0.2) is 9.97 Å². The number of furan rings is 1. The Hall–Kier alpha value is -0.870. The largest absolute Gasteiger partial charge is 0.460 e. The second-order valence-corrected chi connectivity index (χ2v) is 4.57. The third-order valence-electron chi connectivity index (χ3n) is 2.34. The predicted molar refractivity (Wildman–Crippen MR) is 66.6 cm³/mol. The van der Waals surface area contributed by atoms with Gasteiger partial charge in [-0.1, -0.05) is 18.5 Å². The van der Waals surface area contributed by atoms with Gasteiger partial charge in [0, 0.05) is 11.3 Å². The monoisotopic (exact) mass is 300 g/mol. The number of aryl methyl sites for hydroxylation is 1. The van der Waals surface area contributed by atoms with E-state index in [0.717, 1.165) is 22.2 Å². The second kappa shape index (κ2) is 4.55. The lowest BCUT2D eigenvalue weighted by atomic mass is 10.2. The van der Waals surface area contributed by atoms with E-state index < -0.39 is 0 Å². The van der Waals surface area contributed by atoms with Gasteiger partial charge in [0.05, 0.1) is 10.7 Å². The summed E-state index contributed by atoms with van der Waals surface area (Å²) in [5, 5.41) is 0.477. The Kier molecular flexibility index (Phi) is 3.30. The van der Waals surface area contributed by atoms with Gasteiger partial charge in [0.1, 0.15) is 5.15 Å². The Morgan fingerprint density at radius 2 is 2.19 bits per heavy atom. The lowest BCUT2D eigenvalue weighted by Gasteiger charge is -2.06. The van der Waals surface area contributed by atoms with Gasteiger partial charge in [-0.25, -0.2) is 9.97 Å². The van der Waals surface area contributed by atoms with Gasteiger partial charge in [-0.05, 0) is 35.3 Å². The first kappa shape index (κ1) is 11.6. The fraction of sp³-hybridized carbons (Fsp3) is 0.273. The normalized spacial score (nSPS) is 10.8. The number of nitrogens with zero attached hydrogens (tertiary/aromatic N) is 2. The first-order chi connectivity index (χ1) is 7.63. The molecular weight excluding hydrogens is 291 g/mol. The van der Waals surface area contributed by atoms with Gasteiger partial charge in [0.2, 0.25) is 0 Å². The van der Waals surface area contributed by atoms with Crippen molar-refractivity contribution in [3.05, 3.63) is 33.2 Å². The summed E-state index contributed by atoms with van der Waals surface area (Å²) in [4.78, 5) is 8.65. The van der Waals surface area contributed by atoms with E-state index in [-0.39, 0.29) is 0 Å². The molecule has 0 saturated carbocycles. The molecule has 0 saturated heterocycles. The smallest absolute Gasteiger partial charge is 0.198 e. The van der Waals surface area contributed by atoms with Crippen molar-refractivity contribution in [2.75, 3.05) is 0 Å². The highest BCUT2D eigenvalue weighted by molar-refractivity contribution is 9.10. The summed E-state index contributed by atoms with van der Waals surface area (Å²) in [7, 11) is 0. The van der Waals surface area contributed by atoms with Crippen LogP contribution in [0.1, 0.15) is 18.2 Å². The maximum Gasteiger partial charge on any atom is 0.198 e. The number of rotatable bonds is 2. The summed E-state index contributed by atoms with van der Waals surface area (Å²) in [6.45, 7) is 3.95. The summed E-state index contributed by atoms with van der Waals surface area (Å²) in [6.07, 6.45) is 2.40. The Bertz CT molecular complexity index is 525. The SMILES string of the molecule is CCc1nc(-c2occc2Br)nc(Cl)c1C. The van der Waals surface area contributed by atoms with Crippen molar-refractivity contribution < 1.29 is 4.42 Å². The van der Waals surface area contributed by atoms with Gasteiger partial charge < -0.3 is 4.42 Å². The molecule has 2 rings (SSSR count). The molecule has 0 aliphatic heterocycles. The minimum Gasteiger partial charge on any atom is -0.460 e. The van der Waals surface area contributed by atoms with E-state index in [2.05, 4.69) is 25.9 Å². The molecule has 2 aromatic rings. The van der Waals surface area contributed by atoms with Crippen LogP contribution in [0.15, 0.2) is 21.2 Å². The topological polar surface area (TPSA) is 38.9 Å². The highest BCUT2D eigenvalue weighted by Crippen LogP contribution is 2.28. The number of hydrogen-bond donors (Lipinski definition) is 0. The van der Waals surface area contributed by atoms with Crippen molar-refractivity contribution in [1.82, 2.24) is 9.97 Å². The van der Waals surface area contributed by atoms with Crippen molar-refractivity contribution in [2.45, 2.75) is 20.3 Å². The number of aromatic nitrogens is 2. The molecule has 0 bridgehead atoms. The van der Waals surface area contributed by atoms with E-state index in [4.69, 9.17) is 16.0 Å². The van der Waals surface area contributed by atoms with E-state index in [1.165, 1.54) is 0 Å². The molecule has 16 heavy (non-hydrogen) atoms. The van der Waals surface area contributed by atoms with Crippen LogP contribution < -0.4 is 0 Å². The summed E-state index contributed by atoms with van der Waals surface area (Å²) >= 11 is 9.43. The van der Waals surface area contributed by atoms with E-state index in [9.17, 15) is 0 Å². The average molecular weight is 302 g/mol. The highest BCUT2D eigenvalue weighted by atomic mass is 79.9. The Labute approximate surface area is 107 Å². The first-order valence-electron chi connectivity index (χ1n) is 4.89. The van der Waals surface area contributed by atoms with Crippen molar-refractivity contribution in [2.24, 2.45) is 0 Å². The van der Waals surface area contributed by atoms with Crippen LogP contribution in [0.2, 0.25) is 5.15 Å². The summed E-state index contributed by atoms with van der Waals surface area (Å²) < 4.78 is 6.14. The summed E-state index contributed by atoms with van der Waals surface area (Å²) in [5.41, 5.74) is 1.87. The Morgan fingerprint density at radius 3 is 2.75 bits per heavy atom. The zero-order valence-corrected chi connectivity index (χ0v) is 11.3. The van der Waals surface area contributed by atoms with Crippen molar-refractivity contribution in [3.63, 3.8) is 0 Å². The molecule has 5 heteroatoms. The third-order valence-corrected chi connectivity index (χ3v) is 3.33. The van der Waals surface area contributed by atoms with Crippen molar-refractivity contribution >= 4 is 27.5 Å². The third kappa shape index (κ3) is 1.99. The number of hydrogen-bond acceptors (Lipinski definition) is 3. The minimum absolute atomic E-state index is 0.477. The van der Waals surface area contributed by atoms with E-state index in [1.54, 1.807) is 12.3 Å². The molecule has 2 heterocycles. The zero-order chi connectivity index (χ0) is 11.7. The van der Waals surface area contributed by atoms with Crippen LogP contribution >= 0.6 is 27.5 Å². The molecule has 0 amide bonds. The summed E-state index contributed by atoms with van der Waals surface area (Å²) in [6, 6.07) is 1.80. The van der Waals surface area contributed by atoms with Gasteiger partial charge in [-0.2, -0.15) is 0 Å². The predicted octanol–water partition coefficient (Wildman–Crippen LogP) is 4.02. The first-order valence-corrected chi connectivity index (χ1v) is 6.07. The quantitative estimate of drug-likeness (QED) is 0.786. The average Bonchev–Trinajstić information content (AvgIpc) is 2.68. The molecular formula is C11H10BrClN2O. The Morgan fingerprint density at radius 1 is 1.44 bits per heavy atom. The van der Waals surface area contributed by atoms with Crippen molar-refractivity contribution in [1.29, 1.82) is 0 Å². The maximum absolute atomic E-state index is 6.06. The molecule has 0 fully saturated rings. The Balaban J connectivity index is 2.59. The van der Waals surface area contributed by atoms with Crippen LogP contribution in [0.5, 0.6) is 0 Å². The molecule has 0 aliphatic rings. The van der Waals surface area contributed by atoms with Crippen LogP contribution in [0.4, 0.5) is 0 Å². The molecule has 0 unspecified atom stereocenters. The van der Waals surface area contributed by atoms with Gasteiger partial charge in [-0.3, -0.25) is 0 Å². The zero-order valence-electron chi connectivity index (χ0n) is 8.92. The van der Waals surface area contributed by atoms with Gasteiger partial charge in [-0.15, -0.1) is 0 Å². The van der Waals surface area contributed by atoms with E-state index >= 15 is 0 Å². The van der Waals surface area contributed by atoms with Crippen LogP contribution in [0.3, 0.4) is 0 Å². The lowest BCUT2D eigenvalue weighted by Crippen LogP contribution is -1.99. The molecule has 0 N–H and O–H groups in total. The molecule has 0 spiro atoms. The molecule has 0 radical (unpaired) electrons. The summed E-state index contributed by atoms with van der Waals surface area (Å²) in [5.74, 6) is 1.13. The van der Waals surface area contributed by atoms with Crippen LogP contribution in [-0.2, 0) is 6.42 Å². The second-order valence-electron chi connectivity index (χ2n) is 3.36. The highest BCUT2D eigenvalue weighted by Gasteiger charge is 2.14. The number of halogens is 2. The maximum atomic E-state index is 6.06. The molecule has 84 valence electrons. The van der Waals surface area contributed by atoms with Crippen LogP contribution in [0, 0.1) is 6.92 Å². The lowest BCUT2D eigenvalue weighted by molar-refractivity contribution is 0.575. The standard InChI is InChI=1S/C11H10BrClN2O/c1-3-8-6(2)10(13)15-11(14-8)9-7(12)4-5-16-9/h4-5H,3H2,1-2H3. The minimum atomic E-state index is 0.477. The molecule has 3 nitrogen and oxygen atoms in total. The fourth-order valence-electron chi connectivity index (χ4n) is 1.43.